The first kappa shape index (κ1) is 14.0. The monoisotopic (exact) mass is 287 g/mol. The van der Waals surface area contributed by atoms with E-state index < -0.39 is 0 Å². The Morgan fingerprint density at radius 3 is 2.95 bits per heavy atom. The SMILES string of the molecule is CN(CCN1CCCCC1)C(=O)c1cnn2cccnc12. The molecule has 0 atom stereocenters. The highest BCUT2D eigenvalue weighted by Gasteiger charge is 2.18. The summed E-state index contributed by atoms with van der Waals surface area (Å²) in [7, 11) is 1.85. The van der Waals surface area contributed by atoms with Gasteiger partial charge in [0.25, 0.3) is 5.91 Å². The lowest BCUT2D eigenvalue weighted by molar-refractivity contribution is 0.0774. The van der Waals surface area contributed by atoms with Crippen LogP contribution in [-0.4, -0.2) is 63.5 Å². The number of carbonyl (C=O) groups excluding carboxylic acids is 1. The van der Waals surface area contributed by atoms with Crippen LogP contribution in [0.25, 0.3) is 5.65 Å². The molecule has 0 radical (unpaired) electrons. The van der Waals surface area contributed by atoms with Gasteiger partial charge in [0, 0.05) is 32.5 Å². The largest absolute Gasteiger partial charge is 0.340 e. The lowest BCUT2D eigenvalue weighted by atomic mass is 10.1. The molecule has 3 rings (SSSR count). The number of hydrogen-bond donors (Lipinski definition) is 0. The van der Waals surface area contributed by atoms with Crippen LogP contribution in [0.4, 0.5) is 0 Å². The van der Waals surface area contributed by atoms with Gasteiger partial charge in [-0.15, -0.1) is 0 Å². The summed E-state index contributed by atoms with van der Waals surface area (Å²) in [4.78, 5) is 20.9. The van der Waals surface area contributed by atoms with Gasteiger partial charge in [-0.2, -0.15) is 5.10 Å². The van der Waals surface area contributed by atoms with Crippen molar-refractivity contribution < 1.29 is 4.79 Å². The lowest BCUT2D eigenvalue weighted by Crippen LogP contribution is -2.38. The first-order valence-electron chi connectivity index (χ1n) is 7.52. The second-order valence-corrected chi connectivity index (χ2v) is 5.58. The van der Waals surface area contributed by atoms with E-state index in [1.165, 1.54) is 19.3 Å². The number of hydrogen-bond acceptors (Lipinski definition) is 4. The molecule has 0 aliphatic carbocycles. The number of nitrogens with zero attached hydrogens (tertiary/aromatic N) is 5. The summed E-state index contributed by atoms with van der Waals surface area (Å²) < 4.78 is 1.63. The van der Waals surface area contributed by atoms with Crippen LogP contribution in [0.5, 0.6) is 0 Å². The lowest BCUT2D eigenvalue weighted by Gasteiger charge is -2.28. The van der Waals surface area contributed by atoms with Gasteiger partial charge < -0.3 is 9.80 Å². The molecule has 1 aliphatic heterocycles. The molecule has 0 aromatic carbocycles. The van der Waals surface area contributed by atoms with Gasteiger partial charge in [-0.05, 0) is 32.0 Å². The van der Waals surface area contributed by atoms with E-state index in [0.29, 0.717) is 11.2 Å². The minimum atomic E-state index is -0.0132. The van der Waals surface area contributed by atoms with E-state index in [9.17, 15) is 4.79 Å². The number of aromatic nitrogens is 3. The van der Waals surface area contributed by atoms with E-state index >= 15 is 0 Å². The van der Waals surface area contributed by atoms with Crippen LogP contribution in [0.2, 0.25) is 0 Å². The molecule has 6 nitrogen and oxygen atoms in total. The Morgan fingerprint density at radius 2 is 2.14 bits per heavy atom. The second-order valence-electron chi connectivity index (χ2n) is 5.58. The Labute approximate surface area is 124 Å². The zero-order chi connectivity index (χ0) is 14.7. The van der Waals surface area contributed by atoms with Gasteiger partial charge in [0.15, 0.2) is 5.65 Å². The fourth-order valence-electron chi connectivity index (χ4n) is 2.76. The van der Waals surface area contributed by atoms with Crippen molar-refractivity contribution >= 4 is 11.6 Å². The van der Waals surface area contributed by atoms with Crippen LogP contribution in [0.15, 0.2) is 24.7 Å². The van der Waals surface area contributed by atoms with Crippen LogP contribution in [0.3, 0.4) is 0 Å². The molecule has 21 heavy (non-hydrogen) atoms. The first-order valence-corrected chi connectivity index (χ1v) is 7.52. The second kappa shape index (κ2) is 6.22. The smallest absolute Gasteiger partial charge is 0.259 e. The Hall–Kier alpha value is -1.95. The van der Waals surface area contributed by atoms with Gasteiger partial charge in [0.2, 0.25) is 0 Å². The third-order valence-corrected chi connectivity index (χ3v) is 4.06. The van der Waals surface area contributed by atoms with Crippen molar-refractivity contribution in [2.75, 3.05) is 33.2 Å². The van der Waals surface area contributed by atoms with Crippen molar-refractivity contribution in [2.24, 2.45) is 0 Å². The molecule has 0 bridgehead atoms. The molecule has 6 heteroatoms. The molecule has 0 N–H and O–H groups in total. The number of fused-ring (bicyclic) bond motifs is 1. The highest BCUT2D eigenvalue weighted by atomic mass is 16.2. The molecule has 2 aromatic heterocycles. The number of carbonyl (C=O) groups is 1. The van der Waals surface area contributed by atoms with Gasteiger partial charge in [-0.25, -0.2) is 9.50 Å². The highest BCUT2D eigenvalue weighted by molar-refractivity contribution is 5.99. The van der Waals surface area contributed by atoms with E-state index in [1.807, 2.05) is 7.05 Å². The first-order chi connectivity index (χ1) is 10.3. The third-order valence-electron chi connectivity index (χ3n) is 4.06. The standard InChI is InChI=1S/C15H21N5O/c1-18(10-11-19-7-3-2-4-8-19)15(21)13-12-17-20-9-5-6-16-14(13)20/h5-6,9,12H,2-4,7-8,10-11H2,1H3. The Bertz CT molecular complexity index is 617. The predicted octanol–water partition coefficient (Wildman–Crippen LogP) is 1.29. The number of piperidine rings is 1. The van der Waals surface area contributed by atoms with Crippen LogP contribution < -0.4 is 0 Å². The highest BCUT2D eigenvalue weighted by Crippen LogP contribution is 2.11. The van der Waals surface area contributed by atoms with Crippen LogP contribution in [-0.2, 0) is 0 Å². The van der Waals surface area contributed by atoms with Gasteiger partial charge in [-0.3, -0.25) is 4.79 Å². The van der Waals surface area contributed by atoms with E-state index in [0.717, 1.165) is 26.2 Å². The number of rotatable bonds is 4. The zero-order valence-corrected chi connectivity index (χ0v) is 12.4. The molecule has 3 heterocycles. The Kier molecular flexibility index (Phi) is 4.15. The molecular weight excluding hydrogens is 266 g/mol. The molecule has 1 amide bonds. The van der Waals surface area contributed by atoms with Gasteiger partial charge >= 0.3 is 0 Å². The molecule has 2 aromatic rings. The van der Waals surface area contributed by atoms with E-state index in [2.05, 4.69) is 15.0 Å². The van der Waals surface area contributed by atoms with Crippen molar-refractivity contribution in [3.63, 3.8) is 0 Å². The third kappa shape index (κ3) is 3.05. The number of amides is 1. The van der Waals surface area contributed by atoms with Crippen LogP contribution in [0.1, 0.15) is 29.6 Å². The molecule has 1 fully saturated rings. The van der Waals surface area contributed by atoms with Crippen molar-refractivity contribution in [3.05, 3.63) is 30.2 Å². The van der Waals surface area contributed by atoms with Crippen molar-refractivity contribution in [3.8, 4) is 0 Å². The maximum Gasteiger partial charge on any atom is 0.259 e. The number of likely N-dealkylation sites (tertiary alicyclic amines) is 1. The Morgan fingerprint density at radius 1 is 1.33 bits per heavy atom. The summed E-state index contributed by atoms with van der Waals surface area (Å²) in [6.45, 7) is 3.98. The average molecular weight is 287 g/mol. The zero-order valence-electron chi connectivity index (χ0n) is 12.4. The minimum Gasteiger partial charge on any atom is -0.340 e. The molecule has 112 valence electrons. The van der Waals surface area contributed by atoms with Crippen molar-refractivity contribution in [1.29, 1.82) is 0 Å². The normalized spacial score (nSPS) is 16.2. The topological polar surface area (TPSA) is 53.7 Å². The van der Waals surface area contributed by atoms with Gasteiger partial charge in [0.05, 0.1) is 6.20 Å². The molecule has 0 spiro atoms. The summed E-state index contributed by atoms with van der Waals surface area (Å²) in [5.74, 6) is -0.0132. The number of likely N-dealkylation sites (N-methyl/N-ethyl adjacent to an activating group) is 1. The summed E-state index contributed by atoms with van der Waals surface area (Å²) in [6.07, 6.45) is 8.96. The summed E-state index contributed by atoms with van der Waals surface area (Å²) in [6, 6.07) is 1.80. The predicted molar refractivity (Wildman–Crippen MR) is 80.2 cm³/mol. The van der Waals surface area contributed by atoms with E-state index in [1.54, 1.807) is 34.1 Å². The molecule has 0 saturated carbocycles. The van der Waals surface area contributed by atoms with Crippen LogP contribution >= 0.6 is 0 Å². The molecule has 1 aliphatic rings. The quantitative estimate of drug-likeness (QED) is 0.850. The summed E-state index contributed by atoms with van der Waals surface area (Å²) in [5, 5.41) is 4.17. The van der Waals surface area contributed by atoms with Crippen LogP contribution in [0, 0.1) is 0 Å². The molecular formula is C15H21N5O. The minimum absolute atomic E-state index is 0.0132. The molecule has 1 saturated heterocycles. The maximum atomic E-state index is 12.5. The van der Waals surface area contributed by atoms with Gasteiger partial charge in [-0.1, -0.05) is 6.42 Å². The van der Waals surface area contributed by atoms with E-state index in [4.69, 9.17) is 0 Å². The summed E-state index contributed by atoms with van der Waals surface area (Å²) in [5.41, 5.74) is 1.18. The Balaban J connectivity index is 1.64. The fraction of sp³-hybridized carbons (Fsp3) is 0.533. The van der Waals surface area contributed by atoms with E-state index in [-0.39, 0.29) is 5.91 Å². The fourth-order valence-corrected chi connectivity index (χ4v) is 2.76. The summed E-state index contributed by atoms with van der Waals surface area (Å²) >= 11 is 0. The average Bonchev–Trinajstić information content (AvgIpc) is 2.97. The van der Waals surface area contributed by atoms with Crippen molar-refractivity contribution in [2.45, 2.75) is 19.3 Å². The maximum absolute atomic E-state index is 12.5. The molecule has 0 unspecified atom stereocenters. The van der Waals surface area contributed by atoms with Crippen molar-refractivity contribution in [1.82, 2.24) is 24.4 Å². The van der Waals surface area contributed by atoms with Gasteiger partial charge in [0.1, 0.15) is 5.56 Å².